The monoisotopic (exact) mass is 328 g/mol. The van der Waals surface area contributed by atoms with Gasteiger partial charge in [0.1, 0.15) is 0 Å². The highest BCUT2D eigenvalue weighted by Gasteiger charge is 2.09. The molecule has 24 heavy (non-hydrogen) atoms. The summed E-state index contributed by atoms with van der Waals surface area (Å²) in [6, 6.07) is 7.04. The second kappa shape index (κ2) is 13.4. The zero-order valence-electron chi connectivity index (χ0n) is 14.7. The van der Waals surface area contributed by atoms with Crippen molar-refractivity contribution in [1.82, 2.24) is 0 Å². The molecule has 0 aliphatic heterocycles. The third-order valence-electron chi connectivity index (χ3n) is 4.24. The van der Waals surface area contributed by atoms with E-state index in [1.807, 2.05) is 12.1 Å². The van der Waals surface area contributed by atoms with Crippen LogP contribution in [-0.4, -0.2) is 12.2 Å². The molecule has 1 unspecified atom stereocenters. The molecule has 1 aromatic rings. The SMILES string of the molecule is CCCCCCCCCCCC(N=C=O)c1ccc(N=C=O)cc1. The average molecular weight is 328 g/mol. The molecule has 0 radical (unpaired) electrons. The van der Waals surface area contributed by atoms with Crippen LogP contribution in [0.1, 0.15) is 82.7 Å². The molecule has 0 fully saturated rings. The van der Waals surface area contributed by atoms with Gasteiger partial charge >= 0.3 is 0 Å². The molecule has 0 spiro atoms. The number of hydrogen-bond donors (Lipinski definition) is 0. The molecular weight excluding hydrogens is 300 g/mol. The van der Waals surface area contributed by atoms with Crippen molar-refractivity contribution in [3.8, 4) is 0 Å². The van der Waals surface area contributed by atoms with Crippen molar-refractivity contribution in [2.75, 3.05) is 0 Å². The molecule has 0 heterocycles. The van der Waals surface area contributed by atoms with Gasteiger partial charge in [-0.2, -0.15) is 9.98 Å². The van der Waals surface area contributed by atoms with E-state index in [2.05, 4.69) is 16.9 Å². The van der Waals surface area contributed by atoms with Crippen LogP contribution in [-0.2, 0) is 9.59 Å². The van der Waals surface area contributed by atoms with E-state index in [1.54, 1.807) is 18.2 Å². The van der Waals surface area contributed by atoms with Gasteiger partial charge in [0.15, 0.2) is 0 Å². The Labute approximate surface area is 145 Å². The Morgan fingerprint density at radius 3 is 1.96 bits per heavy atom. The predicted octanol–water partition coefficient (Wildman–Crippen LogP) is 5.95. The summed E-state index contributed by atoms with van der Waals surface area (Å²) in [5, 5.41) is 0. The van der Waals surface area contributed by atoms with Gasteiger partial charge < -0.3 is 0 Å². The van der Waals surface area contributed by atoms with Gasteiger partial charge in [-0.3, -0.25) is 0 Å². The lowest BCUT2D eigenvalue weighted by Crippen LogP contribution is -1.95. The zero-order valence-corrected chi connectivity index (χ0v) is 14.7. The predicted molar refractivity (Wildman–Crippen MR) is 96.9 cm³/mol. The molecule has 0 aromatic heterocycles. The quantitative estimate of drug-likeness (QED) is 0.255. The minimum atomic E-state index is -0.152. The molecular formula is C20H28N2O2. The van der Waals surface area contributed by atoms with Gasteiger partial charge in [0.2, 0.25) is 12.2 Å². The van der Waals surface area contributed by atoms with Crippen LogP contribution in [0.3, 0.4) is 0 Å². The molecule has 0 saturated carbocycles. The zero-order chi connectivity index (χ0) is 17.5. The van der Waals surface area contributed by atoms with E-state index in [1.165, 1.54) is 57.4 Å². The summed E-state index contributed by atoms with van der Waals surface area (Å²) in [4.78, 5) is 28.4. The van der Waals surface area contributed by atoms with Crippen molar-refractivity contribution in [1.29, 1.82) is 0 Å². The fraction of sp³-hybridized carbons (Fsp3) is 0.600. The number of benzene rings is 1. The first-order chi connectivity index (χ1) is 11.8. The largest absolute Gasteiger partial charge is 0.240 e. The van der Waals surface area contributed by atoms with Gasteiger partial charge in [0, 0.05) is 0 Å². The number of rotatable bonds is 13. The molecule has 4 heteroatoms. The molecule has 1 aromatic carbocycles. The van der Waals surface area contributed by atoms with Crippen molar-refractivity contribution in [3.05, 3.63) is 29.8 Å². The summed E-state index contributed by atoms with van der Waals surface area (Å²) in [6.07, 6.45) is 15.5. The van der Waals surface area contributed by atoms with Crippen LogP contribution in [0.25, 0.3) is 0 Å². The number of carbonyl (C=O) groups excluding carboxylic acids is 2. The van der Waals surface area contributed by atoms with E-state index in [-0.39, 0.29) is 6.04 Å². The van der Waals surface area contributed by atoms with E-state index in [0.29, 0.717) is 5.69 Å². The molecule has 0 amide bonds. The van der Waals surface area contributed by atoms with Crippen molar-refractivity contribution < 1.29 is 9.59 Å². The number of unbranched alkanes of at least 4 members (excludes halogenated alkanes) is 8. The highest BCUT2D eigenvalue weighted by Crippen LogP contribution is 2.26. The lowest BCUT2D eigenvalue weighted by atomic mass is 9.99. The Bertz CT molecular complexity index is 541. The van der Waals surface area contributed by atoms with Crippen LogP contribution in [0, 0.1) is 0 Å². The van der Waals surface area contributed by atoms with Gasteiger partial charge in [-0.1, -0.05) is 76.8 Å². The molecule has 0 N–H and O–H groups in total. The van der Waals surface area contributed by atoms with Crippen LogP contribution >= 0.6 is 0 Å². The molecule has 130 valence electrons. The third kappa shape index (κ3) is 8.57. The number of isocyanates is 2. The summed E-state index contributed by atoms with van der Waals surface area (Å²) < 4.78 is 0. The third-order valence-corrected chi connectivity index (χ3v) is 4.24. The van der Waals surface area contributed by atoms with Crippen LogP contribution in [0.5, 0.6) is 0 Å². The van der Waals surface area contributed by atoms with Gasteiger partial charge in [-0.15, -0.1) is 0 Å². The summed E-state index contributed by atoms with van der Waals surface area (Å²) in [6.45, 7) is 2.24. The smallest absolute Gasteiger partial charge is 0.211 e. The molecule has 0 aliphatic rings. The topological polar surface area (TPSA) is 58.9 Å². The van der Waals surface area contributed by atoms with Crippen LogP contribution < -0.4 is 0 Å². The van der Waals surface area contributed by atoms with Gasteiger partial charge in [-0.05, 0) is 24.1 Å². The number of nitrogens with zero attached hydrogens (tertiary/aromatic N) is 2. The van der Waals surface area contributed by atoms with Crippen LogP contribution in [0.15, 0.2) is 34.3 Å². The Morgan fingerprint density at radius 1 is 0.833 bits per heavy atom. The summed E-state index contributed by atoms with van der Waals surface area (Å²) >= 11 is 0. The second-order valence-corrected chi connectivity index (χ2v) is 6.15. The molecule has 0 bridgehead atoms. The summed E-state index contributed by atoms with van der Waals surface area (Å²) in [7, 11) is 0. The first kappa shape index (κ1) is 20.0. The van der Waals surface area contributed by atoms with Gasteiger partial charge in [-0.25, -0.2) is 9.59 Å². The Kier molecular flexibility index (Phi) is 11.2. The number of aliphatic imine (C=N–C) groups is 2. The maximum absolute atomic E-state index is 10.7. The van der Waals surface area contributed by atoms with E-state index in [0.717, 1.165) is 18.4 Å². The van der Waals surface area contributed by atoms with E-state index in [9.17, 15) is 9.59 Å². The second-order valence-electron chi connectivity index (χ2n) is 6.15. The molecule has 1 rings (SSSR count). The van der Waals surface area contributed by atoms with Crippen LogP contribution in [0.2, 0.25) is 0 Å². The highest BCUT2D eigenvalue weighted by atomic mass is 16.1. The summed E-state index contributed by atoms with van der Waals surface area (Å²) in [5.74, 6) is 0. The van der Waals surface area contributed by atoms with Crippen molar-refractivity contribution in [2.45, 2.75) is 77.2 Å². The van der Waals surface area contributed by atoms with Crippen molar-refractivity contribution in [3.63, 3.8) is 0 Å². The Hall–Kier alpha value is -2.02. The van der Waals surface area contributed by atoms with Gasteiger partial charge in [0.25, 0.3) is 0 Å². The maximum Gasteiger partial charge on any atom is 0.240 e. The maximum atomic E-state index is 10.7. The minimum absolute atomic E-state index is 0.152. The van der Waals surface area contributed by atoms with Gasteiger partial charge in [0.05, 0.1) is 11.7 Å². The molecule has 1 atom stereocenters. The normalized spacial score (nSPS) is 11.4. The van der Waals surface area contributed by atoms with E-state index >= 15 is 0 Å². The van der Waals surface area contributed by atoms with Crippen molar-refractivity contribution in [2.24, 2.45) is 9.98 Å². The Morgan fingerprint density at radius 2 is 1.42 bits per heavy atom. The fourth-order valence-electron chi connectivity index (χ4n) is 2.84. The van der Waals surface area contributed by atoms with E-state index in [4.69, 9.17) is 0 Å². The summed E-state index contributed by atoms with van der Waals surface area (Å²) in [5.41, 5.74) is 1.52. The number of hydrogen-bond acceptors (Lipinski definition) is 4. The molecule has 0 aliphatic carbocycles. The first-order valence-electron chi connectivity index (χ1n) is 9.06. The molecule has 4 nitrogen and oxygen atoms in total. The molecule has 0 saturated heterocycles. The standard InChI is InChI=1S/C20H28N2O2/c1-2-3-4-5-6-7-8-9-10-11-20(22-17-24)18-12-14-19(15-13-18)21-16-23/h12-15,20H,2-11H2,1H3. The minimum Gasteiger partial charge on any atom is -0.211 e. The highest BCUT2D eigenvalue weighted by molar-refractivity contribution is 5.49. The average Bonchev–Trinajstić information content (AvgIpc) is 2.60. The lowest BCUT2D eigenvalue weighted by Gasteiger charge is -2.11. The van der Waals surface area contributed by atoms with Crippen molar-refractivity contribution >= 4 is 17.8 Å². The Balaban J connectivity index is 2.31. The van der Waals surface area contributed by atoms with E-state index < -0.39 is 0 Å². The first-order valence-corrected chi connectivity index (χ1v) is 9.06. The fourth-order valence-corrected chi connectivity index (χ4v) is 2.84. The van der Waals surface area contributed by atoms with Crippen LogP contribution in [0.4, 0.5) is 5.69 Å². The lowest BCUT2D eigenvalue weighted by molar-refractivity contribution is 0.524.